The lowest BCUT2D eigenvalue weighted by Crippen LogP contribution is -2.45. The van der Waals surface area contributed by atoms with Crippen molar-refractivity contribution in [2.45, 2.75) is 33.8 Å². The number of esters is 1. The highest BCUT2D eigenvalue weighted by atomic mass is 16.5. The number of carbonyl (C=O) groups excluding carboxylic acids is 3. The lowest BCUT2D eigenvalue weighted by Gasteiger charge is -2.20. The number of aryl methyl sites for hydroxylation is 2. The van der Waals surface area contributed by atoms with Gasteiger partial charge in [-0.25, -0.2) is 9.59 Å². The van der Waals surface area contributed by atoms with Crippen molar-refractivity contribution < 1.29 is 19.1 Å². The van der Waals surface area contributed by atoms with E-state index in [1.54, 1.807) is 26.0 Å². The Hall–Kier alpha value is -3.09. The maximum atomic E-state index is 12.4. The Morgan fingerprint density at radius 3 is 2.00 bits per heavy atom. The quantitative estimate of drug-likeness (QED) is 0.802. The first-order chi connectivity index (χ1) is 12.2. The molecule has 26 heavy (non-hydrogen) atoms. The van der Waals surface area contributed by atoms with Crippen LogP contribution in [-0.2, 0) is 9.53 Å². The van der Waals surface area contributed by atoms with E-state index >= 15 is 0 Å². The number of primary amides is 1. The maximum absolute atomic E-state index is 12.4. The molecule has 0 aliphatic heterocycles. The molecule has 0 radical (unpaired) electrons. The molecule has 2 rings (SSSR count). The first-order valence-corrected chi connectivity index (χ1v) is 8.27. The number of amides is 3. The molecule has 1 atom stereocenters. The third-order valence-corrected chi connectivity index (χ3v) is 3.98. The van der Waals surface area contributed by atoms with Gasteiger partial charge in [0.1, 0.15) is 0 Å². The summed E-state index contributed by atoms with van der Waals surface area (Å²) in [6.07, 6.45) is -1.11. The van der Waals surface area contributed by atoms with Gasteiger partial charge < -0.3 is 15.0 Å². The van der Waals surface area contributed by atoms with E-state index in [-0.39, 0.29) is 5.92 Å². The minimum Gasteiger partial charge on any atom is -0.448 e. The minimum absolute atomic E-state index is 0.314. The zero-order chi connectivity index (χ0) is 19.4. The molecular weight excluding hydrogens is 334 g/mol. The summed E-state index contributed by atoms with van der Waals surface area (Å²) in [5.74, 6) is -1.70. The molecule has 1 heterocycles. The van der Waals surface area contributed by atoms with Crippen molar-refractivity contribution in [1.29, 1.82) is 0 Å². The molecule has 0 saturated carbocycles. The number of nitrogens with zero attached hydrogens (tertiary/aromatic N) is 1. The van der Waals surface area contributed by atoms with E-state index in [4.69, 9.17) is 10.5 Å². The van der Waals surface area contributed by atoms with Gasteiger partial charge in [0.2, 0.25) is 0 Å². The molecule has 0 bridgehead atoms. The number of carbonyl (C=O) groups is 3. The summed E-state index contributed by atoms with van der Waals surface area (Å²) < 4.78 is 7.33. The van der Waals surface area contributed by atoms with Crippen LogP contribution in [0.25, 0.3) is 5.69 Å². The van der Waals surface area contributed by atoms with Gasteiger partial charge >= 0.3 is 12.0 Å². The van der Waals surface area contributed by atoms with Crippen LogP contribution in [0.3, 0.4) is 0 Å². The molecule has 7 heteroatoms. The van der Waals surface area contributed by atoms with Gasteiger partial charge in [-0.3, -0.25) is 10.1 Å². The predicted octanol–water partition coefficient (Wildman–Crippen LogP) is 2.47. The monoisotopic (exact) mass is 357 g/mol. The normalized spacial score (nSPS) is 11.9. The number of urea groups is 1. The van der Waals surface area contributed by atoms with E-state index in [1.807, 2.05) is 43.4 Å². The number of imide groups is 1. The molecule has 0 aliphatic rings. The summed E-state index contributed by atoms with van der Waals surface area (Å²) in [4.78, 5) is 35.2. The van der Waals surface area contributed by atoms with Crippen molar-refractivity contribution in [3.8, 4) is 5.69 Å². The molecule has 138 valence electrons. The fourth-order valence-corrected chi connectivity index (χ4v) is 2.69. The first-order valence-electron chi connectivity index (χ1n) is 8.27. The molecule has 0 fully saturated rings. The van der Waals surface area contributed by atoms with Gasteiger partial charge in [0.05, 0.1) is 5.56 Å². The van der Waals surface area contributed by atoms with Crippen LogP contribution in [0.2, 0.25) is 0 Å². The van der Waals surface area contributed by atoms with Crippen LogP contribution in [0.15, 0.2) is 36.4 Å². The SMILES string of the molecule is Cc1ccc(C)n1-c1ccc(C(=O)O[C@H](C(=O)NC(N)=O)C(C)C)cc1. The Bertz CT molecular complexity index is 802. The van der Waals surface area contributed by atoms with Gasteiger partial charge in [-0.05, 0) is 56.2 Å². The van der Waals surface area contributed by atoms with Gasteiger partial charge in [-0.1, -0.05) is 13.8 Å². The number of hydrogen-bond donors (Lipinski definition) is 2. The Morgan fingerprint density at radius 2 is 1.54 bits per heavy atom. The molecule has 2 aromatic rings. The average molecular weight is 357 g/mol. The predicted molar refractivity (Wildman–Crippen MR) is 97.0 cm³/mol. The minimum atomic E-state index is -1.11. The summed E-state index contributed by atoms with van der Waals surface area (Å²) in [7, 11) is 0. The summed E-state index contributed by atoms with van der Waals surface area (Å²) >= 11 is 0. The van der Waals surface area contributed by atoms with Crippen LogP contribution in [0.1, 0.15) is 35.6 Å². The largest absolute Gasteiger partial charge is 0.448 e. The molecule has 0 saturated heterocycles. The fraction of sp³-hybridized carbons (Fsp3) is 0.316. The smallest absolute Gasteiger partial charge is 0.338 e. The molecule has 7 nitrogen and oxygen atoms in total. The topological polar surface area (TPSA) is 103 Å². The van der Waals surface area contributed by atoms with Crippen molar-refractivity contribution in [1.82, 2.24) is 9.88 Å². The Balaban J connectivity index is 2.16. The number of rotatable bonds is 5. The van der Waals surface area contributed by atoms with E-state index in [0.717, 1.165) is 17.1 Å². The second kappa shape index (κ2) is 7.86. The number of hydrogen-bond acceptors (Lipinski definition) is 4. The standard InChI is InChI=1S/C19H23N3O4/c1-11(2)16(17(23)21-19(20)25)26-18(24)14-7-9-15(10-8-14)22-12(3)5-6-13(22)4/h5-11,16H,1-4H3,(H3,20,21,23,25)/t16-/m0/s1. The molecule has 3 amide bonds. The first kappa shape index (κ1) is 19.2. The number of nitrogens with one attached hydrogen (secondary N) is 1. The van der Waals surface area contributed by atoms with Crippen molar-refractivity contribution in [3.05, 3.63) is 53.3 Å². The number of ether oxygens (including phenoxy) is 1. The van der Waals surface area contributed by atoms with E-state index in [9.17, 15) is 14.4 Å². The second-order valence-corrected chi connectivity index (χ2v) is 6.42. The lowest BCUT2D eigenvalue weighted by molar-refractivity contribution is -0.130. The van der Waals surface area contributed by atoms with Gasteiger partial charge in [-0.2, -0.15) is 0 Å². The highest BCUT2D eigenvalue weighted by Crippen LogP contribution is 2.18. The van der Waals surface area contributed by atoms with Gasteiger partial charge in [0, 0.05) is 17.1 Å². The van der Waals surface area contributed by atoms with Crippen LogP contribution >= 0.6 is 0 Å². The Labute approximate surface area is 152 Å². The zero-order valence-electron chi connectivity index (χ0n) is 15.3. The molecule has 0 spiro atoms. The van der Waals surface area contributed by atoms with E-state index in [2.05, 4.69) is 4.57 Å². The average Bonchev–Trinajstić information content (AvgIpc) is 2.90. The summed E-state index contributed by atoms with van der Waals surface area (Å²) in [5.41, 5.74) is 8.35. The zero-order valence-corrected chi connectivity index (χ0v) is 15.3. The summed E-state index contributed by atoms with van der Waals surface area (Å²) in [6, 6.07) is 9.94. The van der Waals surface area contributed by atoms with Crippen LogP contribution in [-0.4, -0.2) is 28.6 Å². The summed E-state index contributed by atoms with van der Waals surface area (Å²) in [6.45, 7) is 7.41. The van der Waals surface area contributed by atoms with Crippen LogP contribution < -0.4 is 11.1 Å². The number of benzene rings is 1. The molecule has 3 N–H and O–H groups in total. The highest BCUT2D eigenvalue weighted by molar-refractivity contribution is 5.98. The van der Waals surface area contributed by atoms with Crippen LogP contribution in [0, 0.1) is 19.8 Å². The van der Waals surface area contributed by atoms with E-state index in [1.165, 1.54) is 0 Å². The van der Waals surface area contributed by atoms with Crippen molar-refractivity contribution in [2.75, 3.05) is 0 Å². The van der Waals surface area contributed by atoms with Gasteiger partial charge in [-0.15, -0.1) is 0 Å². The third kappa shape index (κ3) is 4.30. The van der Waals surface area contributed by atoms with Crippen LogP contribution in [0.4, 0.5) is 4.79 Å². The molecule has 0 unspecified atom stereocenters. The highest BCUT2D eigenvalue weighted by Gasteiger charge is 2.27. The van der Waals surface area contributed by atoms with Gasteiger partial charge in [0.25, 0.3) is 5.91 Å². The third-order valence-electron chi connectivity index (χ3n) is 3.98. The van der Waals surface area contributed by atoms with Gasteiger partial charge in [0.15, 0.2) is 6.10 Å². The molecule has 0 aliphatic carbocycles. The van der Waals surface area contributed by atoms with E-state index < -0.39 is 24.0 Å². The van der Waals surface area contributed by atoms with Crippen molar-refractivity contribution in [2.24, 2.45) is 11.7 Å². The number of aromatic nitrogens is 1. The van der Waals surface area contributed by atoms with Crippen molar-refractivity contribution >= 4 is 17.9 Å². The molecular formula is C19H23N3O4. The number of nitrogens with two attached hydrogens (primary N) is 1. The Morgan fingerprint density at radius 1 is 1.00 bits per heavy atom. The maximum Gasteiger partial charge on any atom is 0.338 e. The molecule has 1 aromatic heterocycles. The van der Waals surface area contributed by atoms with E-state index in [0.29, 0.717) is 5.56 Å². The Kier molecular flexibility index (Phi) is 5.82. The second-order valence-electron chi connectivity index (χ2n) is 6.42. The van der Waals surface area contributed by atoms with Crippen molar-refractivity contribution in [3.63, 3.8) is 0 Å². The summed E-state index contributed by atoms with van der Waals surface area (Å²) in [5, 5.41) is 1.94. The lowest BCUT2D eigenvalue weighted by atomic mass is 10.1. The molecule has 1 aromatic carbocycles. The fourth-order valence-electron chi connectivity index (χ4n) is 2.69. The van der Waals surface area contributed by atoms with Crippen LogP contribution in [0.5, 0.6) is 0 Å².